The van der Waals surface area contributed by atoms with Crippen molar-refractivity contribution in [2.45, 2.75) is 19.8 Å². The van der Waals surface area contributed by atoms with Crippen molar-refractivity contribution in [2.24, 2.45) is 5.92 Å². The molecule has 0 aromatic heterocycles. The summed E-state index contributed by atoms with van der Waals surface area (Å²) in [6.07, 6.45) is 0.403. The van der Waals surface area contributed by atoms with Crippen molar-refractivity contribution in [1.29, 1.82) is 0 Å². The van der Waals surface area contributed by atoms with E-state index < -0.39 is 11.9 Å². The molecule has 5 nitrogen and oxygen atoms in total. The van der Waals surface area contributed by atoms with Gasteiger partial charge in [0.25, 0.3) is 0 Å². The number of carbonyl (C=O) groups excluding carboxylic acids is 1. The van der Waals surface area contributed by atoms with Gasteiger partial charge in [-0.1, -0.05) is 12.1 Å². The lowest BCUT2D eigenvalue weighted by Gasteiger charge is -2.16. The molecule has 0 radical (unpaired) electrons. The highest BCUT2D eigenvalue weighted by atomic mass is 16.5. The minimum atomic E-state index is -1.01. The second-order valence-electron chi connectivity index (χ2n) is 4.44. The van der Waals surface area contributed by atoms with Crippen molar-refractivity contribution in [3.63, 3.8) is 0 Å². The second-order valence-corrected chi connectivity index (χ2v) is 4.44. The minimum Gasteiger partial charge on any atom is -0.478 e. The predicted molar refractivity (Wildman–Crippen MR) is 69.1 cm³/mol. The highest BCUT2D eigenvalue weighted by Gasteiger charge is 2.19. The standard InChI is InChI=1S/C14H18O5/c1-9-4-3-5-11(14(17)18)12(9)6-10(8-15)7-13(16)19-2/h3-5,10,15H,6-8H2,1-2H3,(H,17,18). The topological polar surface area (TPSA) is 83.8 Å². The molecule has 104 valence electrons. The van der Waals surface area contributed by atoms with Crippen molar-refractivity contribution in [1.82, 2.24) is 0 Å². The van der Waals surface area contributed by atoms with Gasteiger partial charge in [0.1, 0.15) is 0 Å². The molecule has 1 rings (SSSR count). The predicted octanol–water partition coefficient (Wildman–Crippen LogP) is 1.41. The summed E-state index contributed by atoms with van der Waals surface area (Å²) in [4.78, 5) is 22.4. The number of hydrogen-bond donors (Lipinski definition) is 2. The molecule has 0 amide bonds. The lowest BCUT2D eigenvalue weighted by atomic mass is 9.91. The molecule has 0 heterocycles. The Hall–Kier alpha value is -1.88. The molecule has 0 spiro atoms. The van der Waals surface area contributed by atoms with Crippen LogP contribution in [0.3, 0.4) is 0 Å². The van der Waals surface area contributed by atoms with E-state index in [1.54, 1.807) is 6.07 Å². The minimum absolute atomic E-state index is 0.0698. The van der Waals surface area contributed by atoms with Gasteiger partial charge in [-0.05, 0) is 36.5 Å². The molecule has 1 unspecified atom stereocenters. The number of aryl methyl sites for hydroxylation is 1. The number of methoxy groups -OCH3 is 1. The summed E-state index contributed by atoms with van der Waals surface area (Å²) in [6.45, 7) is 1.62. The Balaban J connectivity index is 2.96. The molecule has 0 aliphatic carbocycles. The number of hydrogen-bond acceptors (Lipinski definition) is 4. The number of rotatable bonds is 6. The highest BCUT2D eigenvalue weighted by Crippen LogP contribution is 2.20. The van der Waals surface area contributed by atoms with Crippen molar-refractivity contribution >= 4 is 11.9 Å². The van der Waals surface area contributed by atoms with Gasteiger partial charge in [-0.3, -0.25) is 4.79 Å². The van der Waals surface area contributed by atoms with Gasteiger partial charge in [-0.25, -0.2) is 4.79 Å². The first kappa shape index (κ1) is 15.2. The molecule has 0 fully saturated rings. The molecule has 0 saturated heterocycles. The van der Waals surface area contributed by atoms with Crippen LogP contribution in [0.2, 0.25) is 0 Å². The van der Waals surface area contributed by atoms with Gasteiger partial charge in [-0.15, -0.1) is 0 Å². The van der Waals surface area contributed by atoms with Gasteiger partial charge in [0.05, 0.1) is 19.1 Å². The summed E-state index contributed by atoms with van der Waals surface area (Å²) < 4.78 is 4.56. The fraction of sp³-hybridized carbons (Fsp3) is 0.429. The highest BCUT2D eigenvalue weighted by molar-refractivity contribution is 5.89. The van der Waals surface area contributed by atoms with Gasteiger partial charge in [0.2, 0.25) is 0 Å². The molecule has 19 heavy (non-hydrogen) atoms. The molecule has 1 atom stereocenters. The summed E-state index contributed by atoms with van der Waals surface area (Å²) in [5.74, 6) is -1.76. The Morgan fingerprint density at radius 1 is 1.37 bits per heavy atom. The van der Waals surface area contributed by atoms with Crippen LogP contribution in [0, 0.1) is 12.8 Å². The van der Waals surface area contributed by atoms with Crippen LogP contribution in [-0.2, 0) is 16.0 Å². The van der Waals surface area contributed by atoms with Gasteiger partial charge in [0.15, 0.2) is 0 Å². The lowest BCUT2D eigenvalue weighted by Crippen LogP contribution is -2.18. The van der Waals surface area contributed by atoms with E-state index in [-0.39, 0.29) is 24.5 Å². The number of carboxylic acid groups (broad SMARTS) is 1. The van der Waals surface area contributed by atoms with E-state index in [1.807, 2.05) is 13.0 Å². The first-order valence-corrected chi connectivity index (χ1v) is 5.99. The maximum atomic E-state index is 11.2. The van der Waals surface area contributed by atoms with Crippen molar-refractivity contribution in [3.8, 4) is 0 Å². The molecule has 0 aliphatic heterocycles. The average molecular weight is 266 g/mol. The number of aliphatic hydroxyl groups is 1. The summed E-state index contributed by atoms with van der Waals surface area (Å²) in [5, 5.41) is 18.4. The van der Waals surface area contributed by atoms with E-state index in [1.165, 1.54) is 13.2 Å². The monoisotopic (exact) mass is 266 g/mol. The van der Waals surface area contributed by atoms with Crippen LogP contribution in [-0.4, -0.2) is 35.9 Å². The fourth-order valence-corrected chi connectivity index (χ4v) is 1.98. The molecular weight excluding hydrogens is 248 g/mol. The maximum absolute atomic E-state index is 11.2. The smallest absolute Gasteiger partial charge is 0.335 e. The number of benzene rings is 1. The zero-order valence-corrected chi connectivity index (χ0v) is 11.0. The molecule has 1 aromatic rings. The van der Waals surface area contributed by atoms with Crippen LogP contribution in [0.25, 0.3) is 0 Å². The van der Waals surface area contributed by atoms with Crippen LogP contribution in [0.4, 0.5) is 0 Å². The Morgan fingerprint density at radius 2 is 2.05 bits per heavy atom. The molecule has 2 N–H and O–H groups in total. The van der Waals surface area contributed by atoms with E-state index in [2.05, 4.69) is 4.74 Å². The molecule has 0 saturated carbocycles. The second kappa shape index (κ2) is 6.89. The molecule has 0 bridgehead atoms. The normalized spacial score (nSPS) is 11.9. The third-order valence-electron chi connectivity index (χ3n) is 3.07. The van der Waals surface area contributed by atoms with Crippen molar-refractivity contribution < 1.29 is 24.5 Å². The van der Waals surface area contributed by atoms with Crippen LogP contribution >= 0.6 is 0 Å². The average Bonchev–Trinajstić information content (AvgIpc) is 2.39. The van der Waals surface area contributed by atoms with Gasteiger partial charge in [0, 0.05) is 6.61 Å². The number of ether oxygens (including phenoxy) is 1. The van der Waals surface area contributed by atoms with Crippen LogP contribution in [0.1, 0.15) is 27.9 Å². The third kappa shape index (κ3) is 4.06. The van der Waals surface area contributed by atoms with E-state index in [9.17, 15) is 14.7 Å². The lowest BCUT2D eigenvalue weighted by molar-refractivity contribution is -0.142. The maximum Gasteiger partial charge on any atom is 0.335 e. The Morgan fingerprint density at radius 3 is 2.58 bits per heavy atom. The SMILES string of the molecule is COC(=O)CC(CO)Cc1c(C)cccc1C(=O)O. The van der Waals surface area contributed by atoms with E-state index in [4.69, 9.17) is 5.11 Å². The molecule has 0 aliphatic rings. The van der Waals surface area contributed by atoms with E-state index >= 15 is 0 Å². The van der Waals surface area contributed by atoms with Gasteiger partial charge >= 0.3 is 11.9 Å². The van der Waals surface area contributed by atoms with Crippen molar-refractivity contribution in [2.75, 3.05) is 13.7 Å². The quantitative estimate of drug-likeness (QED) is 0.760. The number of carbonyl (C=O) groups is 2. The number of esters is 1. The fourth-order valence-electron chi connectivity index (χ4n) is 1.98. The number of aliphatic hydroxyl groups excluding tert-OH is 1. The largest absolute Gasteiger partial charge is 0.478 e. The summed E-state index contributed by atoms with van der Waals surface area (Å²) in [5.41, 5.74) is 1.70. The molecule has 1 aromatic carbocycles. The third-order valence-corrected chi connectivity index (χ3v) is 3.07. The zero-order chi connectivity index (χ0) is 14.4. The Kier molecular flexibility index (Phi) is 5.51. The summed E-state index contributed by atoms with van der Waals surface area (Å²) in [6, 6.07) is 5.02. The van der Waals surface area contributed by atoms with Gasteiger partial charge in [-0.2, -0.15) is 0 Å². The molecule has 5 heteroatoms. The van der Waals surface area contributed by atoms with Gasteiger partial charge < -0.3 is 14.9 Å². The van der Waals surface area contributed by atoms with Crippen LogP contribution < -0.4 is 0 Å². The van der Waals surface area contributed by atoms with E-state index in [0.29, 0.717) is 12.0 Å². The Bertz CT molecular complexity index is 467. The number of aromatic carboxylic acids is 1. The number of carboxylic acids is 1. The summed E-state index contributed by atoms with van der Waals surface area (Å²) >= 11 is 0. The van der Waals surface area contributed by atoms with Crippen LogP contribution in [0.15, 0.2) is 18.2 Å². The summed E-state index contributed by atoms with van der Waals surface area (Å²) in [7, 11) is 1.28. The molecular formula is C14H18O5. The first-order valence-electron chi connectivity index (χ1n) is 5.99. The van der Waals surface area contributed by atoms with E-state index in [0.717, 1.165) is 5.56 Å². The van der Waals surface area contributed by atoms with Crippen LogP contribution in [0.5, 0.6) is 0 Å². The Labute approximate surface area is 111 Å². The zero-order valence-electron chi connectivity index (χ0n) is 11.0. The first-order chi connectivity index (χ1) is 8.99. The van der Waals surface area contributed by atoms with Crippen molar-refractivity contribution in [3.05, 3.63) is 34.9 Å².